The van der Waals surface area contributed by atoms with Gasteiger partial charge in [-0.05, 0) is 30.0 Å². The number of thioether (sulfide) groups is 1. The number of hydrogen-bond acceptors (Lipinski definition) is 6. The van der Waals surface area contributed by atoms with Crippen LogP contribution in [0.2, 0.25) is 0 Å². The first-order valence-corrected chi connectivity index (χ1v) is 8.96. The summed E-state index contributed by atoms with van der Waals surface area (Å²) in [5.41, 5.74) is 1.18. The molecule has 1 N–H and O–H groups in total. The Bertz CT molecular complexity index is 924. The molecule has 0 aliphatic heterocycles. The molecule has 0 unspecified atom stereocenters. The van der Waals surface area contributed by atoms with Crippen LogP contribution in [0.25, 0.3) is 10.2 Å². The molecule has 1 aromatic heterocycles. The standard InChI is InChI=1S/C16H13N3O3S2/c1-2-23-12-5-3-4-10(8-12)15(20)18-16-17-13-7-6-11(19(21)22)9-14(13)24-16/h3-9H,2H2,1H3,(H,17,18,20). The van der Waals surface area contributed by atoms with Crippen LogP contribution < -0.4 is 5.32 Å². The first-order valence-electron chi connectivity index (χ1n) is 7.16. The van der Waals surface area contributed by atoms with Crippen LogP contribution in [-0.4, -0.2) is 21.6 Å². The fourth-order valence-corrected chi connectivity index (χ4v) is 3.76. The molecule has 0 saturated heterocycles. The second-order valence-electron chi connectivity index (χ2n) is 4.84. The fraction of sp³-hybridized carbons (Fsp3) is 0.125. The Balaban J connectivity index is 1.82. The van der Waals surface area contributed by atoms with Crippen molar-refractivity contribution in [3.05, 3.63) is 58.1 Å². The predicted molar refractivity (Wildman–Crippen MR) is 97.1 cm³/mol. The maximum atomic E-state index is 12.4. The highest BCUT2D eigenvalue weighted by atomic mass is 32.2. The number of anilines is 1. The molecule has 0 fully saturated rings. The smallest absolute Gasteiger partial charge is 0.270 e. The molecule has 0 radical (unpaired) electrons. The Hall–Kier alpha value is -2.45. The zero-order valence-electron chi connectivity index (χ0n) is 12.7. The van der Waals surface area contributed by atoms with Gasteiger partial charge in [0, 0.05) is 22.6 Å². The Labute approximate surface area is 146 Å². The summed E-state index contributed by atoms with van der Waals surface area (Å²) in [4.78, 5) is 28.1. The molecule has 3 rings (SSSR count). The van der Waals surface area contributed by atoms with Crippen LogP contribution in [0.5, 0.6) is 0 Å². The molecule has 1 amide bonds. The zero-order valence-corrected chi connectivity index (χ0v) is 14.3. The Morgan fingerprint density at radius 1 is 1.33 bits per heavy atom. The van der Waals surface area contributed by atoms with E-state index in [-0.39, 0.29) is 11.6 Å². The number of aromatic nitrogens is 1. The highest BCUT2D eigenvalue weighted by Crippen LogP contribution is 2.29. The van der Waals surface area contributed by atoms with Gasteiger partial charge < -0.3 is 0 Å². The molecule has 0 aliphatic rings. The fourth-order valence-electron chi connectivity index (χ4n) is 2.14. The minimum Gasteiger partial charge on any atom is -0.298 e. The minimum absolute atomic E-state index is 0.00770. The molecule has 0 atom stereocenters. The van der Waals surface area contributed by atoms with Gasteiger partial charge in [0.25, 0.3) is 11.6 Å². The highest BCUT2D eigenvalue weighted by molar-refractivity contribution is 7.99. The van der Waals surface area contributed by atoms with E-state index in [4.69, 9.17) is 0 Å². The van der Waals surface area contributed by atoms with Gasteiger partial charge in [-0.15, -0.1) is 11.8 Å². The lowest BCUT2D eigenvalue weighted by Crippen LogP contribution is -2.11. The van der Waals surface area contributed by atoms with Crippen LogP contribution >= 0.6 is 23.1 Å². The number of nitro groups is 1. The lowest BCUT2D eigenvalue weighted by atomic mass is 10.2. The van der Waals surface area contributed by atoms with Gasteiger partial charge in [0.1, 0.15) is 0 Å². The van der Waals surface area contributed by atoms with Crippen molar-refractivity contribution in [1.29, 1.82) is 0 Å². The number of amides is 1. The SMILES string of the molecule is CCSc1cccc(C(=O)Nc2nc3ccc([N+](=O)[O-])cc3s2)c1. The van der Waals surface area contributed by atoms with Gasteiger partial charge in [-0.25, -0.2) is 4.98 Å². The lowest BCUT2D eigenvalue weighted by molar-refractivity contribution is -0.384. The number of carbonyl (C=O) groups is 1. The number of thiazole rings is 1. The molecule has 24 heavy (non-hydrogen) atoms. The van der Waals surface area contributed by atoms with Crippen LogP contribution in [0.3, 0.4) is 0 Å². The van der Waals surface area contributed by atoms with Gasteiger partial charge in [0.2, 0.25) is 0 Å². The van der Waals surface area contributed by atoms with Crippen LogP contribution in [0.4, 0.5) is 10.8 Å². The van der Waals surface area contributed by atoms with E-state index in [1.54, 1.807) is 23.9 Å². The van der Waals surface area contributed by atoms with Crippen molar-refractivity contribution in [1.82, 2.24) is 4.98 Å². The third kappa shape index (κ3) is 3.55. The maximum absolute atomic E-state index is 12.4. The molecule has 8 heteroatoms. The van der Waals surface area contributed by atoms with Crippen molar-refractivity contribution >= 4 is 50.0 Å². The van der Waals surface area contributed by atoms with E-state index in [9.17, 15) is 14.9 Å². The third-order valence-electron chi connectivity index (χ3n) is 3.21. The van der Waals surface area contributed by atoms with E-state index in [1.807, 2.05) is 18.2 Å². The molecular formula is C16H13N3O3S2. The van der Waals surface area contributed by atoms with E-state index in [0.29, 0.717) is 20.9 Å². The number of rotatable bonds is 5. The Kier molecular flexibility index (Phi) is 4.77. The number of benzene rings is 2. The predicted octanol–water partition coefficient (Wildman–Crippen LogP) is 4.57. The number of hydrogen-bond donors (Lipinski definition) is 1. The molecule has 3 aromatic rings. The quantitative estimate of drug-likeness (QED) is 0.410. The Morgan fingerprint density at radius 3 is 2.92 bits per heavy atom. The van der Waals surface area contributed by atoms with E-state index in [0.717, 1.165) is 10.6 Å². The molecule has 6 nitrogen and oxygen atoms in total. The summed E-state index contributed by atoms with van der Waals surface area (Å²) in [6.07, 6.45) is 0. The third-order valence-corrected chi connectivity index (χ3v) is 5.02. The summed E-state index contributed by atoms with van der Waals surface area (Å²) in [6, 6.07) is 11.8. The monoisotopic (exact) mass is 359 g/mol. The number of nitrogens with zero attached hydrogens (tertiary/aromatic N) is 2. The van der Waals surface area contributed by atoms with Gasteiger partial charge in [-0.2, -0.15) is 0 Å². The molecule has 0 spiro atoms. The van der Waals surface area contributed by atoms with Gasteiger partial charge in [0.05, 0.1) is 15.1 Å². The molecule has 0 aliphatic carbocycles. The van der Waals surface area contributed by atoms with Gasteiger partial charge >= 0.3 is 0 Å². The van der Waals surface area contributed by atoms with Crippen molar-refractivity contribution in [3.63, 3.8) is 0 Å². The number of nitro benzene ring substituents is 1. The average Bonchev–Trinajstić information content (AvgIpc) is 2.96. The summed E-state index contributed by atoms with van der Waals surface area (Å²) in [5.74, 6) is 0.684. The molecule has 2 aromatic carbocycles. The van der Waals surface area contributed by atoms with Crippen molar-refractivity contribution in [3.8, 4) is 0 Å². The summed E-state index contributed by atoms with van der Waals surface area (Å²) in [6.45, 7) is 2.05. The van der Waals surface area contributed by atoms with E-state index >= 15 is 0 Å². The summed E-state index contributed by atoms with van der Waals surface area (Å²) in [5, 5.41) is 14.0. The second-order valence-corrected chi connectivity index (χ2v) is 7.21. The highest BCUT2D eigenvalue weighted by Gasteiger charge is 2.13. The zero-order chi connectivity index (χ0) is 17.1. The number of nitrogens with one attached hydrogen (secondary N) is 1. The summed E-state index contributed by atoms with van der Waals surface area (Å²) in [7, 11) is 0. The average molecular weight is 359 g/mol. The topological polar surface area (TPSA) is 85.1 Å². The van der Waals surface area contributed by atoms with Crippen LogP contribution in [0.15, 0.2) is 47.4 Å². The Morgan fingerprint density at radius 2 is 2.17 bits per heavy atom. The molecule has 0 saturated carbocycles. The number of carbonyl (C=O) groups excluding carboxylic acids is 1. The van der Waals surface area contributed by atoms with Crippen LogP contribution in [0.1, 0.15) is 17.3 Å². The van der Waals surface area contributed by atoms with Crippen molar-refractivity contribution in [2.75, 3.05) is 11.1 Å². The first kappa shape index (κ1) is 16.4. The largest absolute Gasteiger partial charge is 0.298 e. The minimum atomic E-state index is -0.450. The first-order chi connectivity index (χ1) is 11.6. The number of non-ortho nitro benzene ring substituents is 1. The van der Waals surface area contributed by atoms with Gasteiger partial charge in [-0.1, -0.05) is 24.3 Å². The molecule has 0 bridgehead atoms. The van der Waals surface area contributed by atoms with Gasteiger partial charge in [-0.3, -0.25) is 20.2 Å². The van der Waals surface area contributed by atoms with Crippen molar-refractivity contribution in [2.45, 2.75) is 11.8 Å². The van der Waals surface area contributed by atoms with Gasteiger partial charge in [0.15, 0.2) is 5.13 Å². The molecule has 122 valence electrons. The van der Waals surface area contributed by atoms with E-state index in [1.165, 1.54) is 23.5 Å². The normalized spacial score (nSPS) is 10.7. The van der Waals surface area contributed by atoms with E-state index < -0.39 is 4.92 Å². The van der Waals surface area contributed by atoms with Crippen molar-refractivity contribution < 1.29 is 9.72 Å². The van der Waals surface area contributed by atoms with Crippen LogP contribution in [0, 0.1) is 10.1 Å². The lowest BCUT2D eigenvalue weighted by Gasteiger charge is -2.04. The van der Waals surface area contributed by atoms with E-state index in [2.05, 4.69) is 17.2 Å². The molecular weight excluding hydrogens is 346 g/mol. The maximum Gasteiger partial charge on any atom is 0.270 e. The second kappa shape index (κ2) is 6.98. The molecule has 1 heterocycles. The summed E-state index contributed by atoms with van der Waals surface area (Å²) >= 11 is 2.88. The van der Waals surface area contributed by atoms with Crippen molar-refractivity contribution in [2.24, 2.45) is 0 Å². The summed E-state index contributed by atoms with van der Waals surface area (Å²) < 4.78 is 0.662. The van der Waals surface area contributed by atoms with Crippen LogP contribution in [-0.2, 0) is 0 Å². The number of fused-ring (bicyclic) bond motifs is 1.